The van der Waals surface area contributed by atoms with Crippen LogP contribution in [-0.2, 0) is 4.79 Å². The highest BCUT2D eigenvalue weighted by atomic mass is 16.4. The topological polar surface area (TPSA) is 106 Å². The molecule has 1 atom stereocenters. The number of amides is 2. The minimum absolute atomic E-state index is 0.212. The highest BCUT2D eigenvalue weighted by Crippen LogP contribution is 2.43. The molecule has 3 N–H and O–H groups in total. The molecule has 2 saturated heterocycles. The van der Waals surface area contributed by atoms with Gasteiger partial charge in [-0.1, -0.05) is 0 Å². The highest BCUT2D eigenvalue weighted by molar-refractivity contribution is 5.86. The van der Waals surface area contributed by atoms with Crippen LogP contribution < -0.4 is 10.2 Å². The van der Waals surface area contributed by atoms with Gasteiger partial charge in [-0.05, 0) is 63.5 Å². The van der Waals surface area contributed by atoms with Crippen molar-refractivity contribution in [3.8, 4) is 0 Å². The van der Waals surface area contributed by atoms with Gasteiger partial charge in [-0.25, -0.2) is 9.78 Å². The lowest BCUT2D eigenvalue weighted by molar-refractivity contribution is -0.139. The number of carbonyl (C=O) groups excluding carboxylic acids is 1. The first-order valence-corrected chi connectivity index (χ1v) is 10.6. The predicted molar refractivity (Wildman–Crippen MR) is 109 cm³/mol. The Morgan fingerprint density at radius 2 is 2.00 bits per heavy atom. The molecule has 8 nitrogen and oxygen atoms in total. The Kier molecular flexibility index (Phi) is 5.38. The van der Waals surface area contributed by atoms with Gasteiger partial charge < -0.3 is 20.0 Å². The lowest BCUT2D eigenvalue weighted by Gasteiger charge is -2.41. The van der Waals surface area contributed by atoms with E-state index in [0.29, 0.717) is 12.2 Å². The van der Waals surface area contributed by atoms with E-state index >= 15 is 0 Å². The largest absolute Gasteiger partial charge is 0.465 e. The quantitative estimate of drug-likeness (QED) is 0.718. The van der Waals surface area contributed by atoms with E-state index in [2.05, 4.69) is 20.1 Å². The summed E-state index contributed by atoms with van der Waals surface area (Å²) in [6.07, 6.45) is 6.30. The number of anilines is 2. The zero-order valence-electron chi connectivity index (χ0n) is 16.9. The first-order chi connectivity index (χ1) is 13.9. The molecule has 1 aliphatic carbocycles. The number of pyridine rings is 1. The van der Waals surface area contributed by atoms with Crippen LogP contribution in [0.15, 0.2) is 12.3 Å². The van der Waals surface area contributed by atoms with Gasteiger partial charge in [0, 0.05) is 25.7 Å². The standard InChI is InChI=1S/C21H30N4O4/c1-14-11-15(23-20(28)29)12-22-18(14)24-9-2-7-21(13-24)8-10-25(19(21)27)16-3-5-17(26)6-4-16/h11-12,16-17,23,26H,2-10,13H2,1H3,(H,28,29)/t16-,17+,21-/m0/s1. The Morgan fingerprint density at radius 3 is 2.69 bits per heavy atom. The maximum absolute atomic E-state index is 13.4. The molecule has 0 radical (unpaired) electrons. The summed E-state index contributed by atoms with van der Waals surface area (Å²) < 4.78 is 0. The Labute approximate surface area is 170 Å². The minimum atomic E-state index is -1.11. The van der Waals surface area contributed by atoms with E-state index in [-0.39, 0.29) is 23.5 Å². The number of aromatic nitrogens is 1. The summed E-state index contributed by atoms with van der Waals surface area (Å²) in [5.41, 5.74) is 1.00. The summed E-state index contributed by atoms with van der Waals surface area (Å²) in [5.74, 6) is 1.09. The third-order valence-electron chi connectivity index (χ3n) is 6.83. The number of piperidine rings is 1. The molecule has 0 aromatic carbocycles. The smallest absolute Gasteiger partial charge is 0.409 e. The first-order valence-electron chi connectivity index (χ1n) is 10.6. The first kappa shape index (κ1) is 19.9. The van der Waals surface area contributed by atoms with Crippen LogP contribution in [0.3, 0.4) is 0 Å². The number of aliphatic hydroxyl groups excluding tert-OH is 1. The molecule has 1 saturated carbocycles. The van der Waals surface area contributed by atoms with Gasteiger partial charge in [-0.15, -0.1) is 0 Å². The van der Waals surface area contributed by atoms with Crippen LogP contribution in [0.25, 0.3) is 0 Å². The number of aliphatic hydroxyl groups is 1. The molecule has 0 unspecified atom stereocenters. The second-order valence-electron chi connectivity index (χ2n) is 8.81. The molecule has 2 aliphatic heterocycles. The fourth-order valence-electron chi connectivity index (χ4n) is 5.35. The summed E-state index contributed by atoms with van der Waals surface area (Å²) in [5, 5.41) is 21.0. The van der Waals surface area contributed by atoms with Gasteiger partial charge in [0.15, 0.2) is 0 Å². The Balaban J connectivity index is 1.48. The molecular weight excluding hydrogens is 372 g/mol. The SMILES string of the molecule is Cc1cc(NC(=O)O)cnc1N1CCC[C@]2(CCN([C@H]3CC[C@@H](O)CC3)C2=O)C1. The number of rotatable bonds is 3. The third kappa shape index (κ3) is 3.90. The van der Waals surface area contributed by atoms with Gasteiger partial charge in [-0.2, -0.15) is 0 Å². The molecule has 1 spiro atoms. The van der Waals surface area contributed by atoms with E-state index in [4.69, 9.17) is 5.11 Å². The number of carboxylic acid groups (broad SMARTS) is 1. The van der Waals surface area contributed by atoms with Gasteiger partial charge in [0.2, 0.25) is 5.91 Å². The highest BCUT2D eigenvalue weighted by Gasteiger charge is 2.50. The Bertz CT molecular complexity index is 793. The van der Waals surface area contributed by atoms with Crippen LogP contribution in [-0.4, -0.2) is 63.9 Å². The number of nitrogens with zero attached hydrogens (tertiary/aromatic N) is 3. The second-order valence-corrected chi connectivity index (χ2v) is 8.81. The van der Waals surface area contributed by atoms with Crippen molar-refractivity contribution >= 4 is 23.5 Å². The van der Waals surface area contributed by atoms with Crippen molar-refractivity contribution in [2.24, 2.45) is 5.41 Å². The molecule has 29 heavy (non-hydrogen) atoms. The van der Waals surface area contributed by atoms with Crippen LogP contribution in [0.1, 0.15) is 50.5 Å². The minimum Gasteiger partial charge on any atom is -0.465 e. The number of likely N-dealkylation sites (tertiary alicyclic amines) is 1. The van der Waals surface area contributed by atoms with Crippen LogP contribution in [0.2, 0.25) is 0 Å². The fraction of sp³-hybridized carbons (Fsp3) is 0.667. The van der Waals surface area contributed by atoms with E-state index in [9.17, 15) is 14.7 Å². The van der Waals surface area contributed by atoms with Crippen molar-refractivity contribution in [3.05, 3.63) is 17.8 Å². The van der Waals surface area contributed by atoms with Crippen LogP contribution in [0.5, 0.6) is 0 Å². The molecular formula is C21H30N4O4. The van der Waals surface area contributed by atoms with E-state index in [1.165, 1.54) is 6.20 Å². The Morgan fingerprint density at radius 1 is 1.24 bits per heavy atom. The number of carbonyl (C=O) groups is 2. The van der Waals surface area contributed by atoms with Crippen LogP contribution in [0, 0.1) is 12.3 Å². The molecule has 1 aromatic rings. The molecule has 1 aromatic heterocycles. The number of hydrogen-bond donors (Lipinski definition) is 3. The normalized spacial score (nSPS) is 30.1. The average molecular weight is 402 g/mol. The molecule has 2 amide bonds. The zero-order valence-corrected chi connectivity index (χ0v) is 16.9. The van der Waals surface area contributed by atoms with Crippen molar-refractivity contribution in [2.75, 3.05) is 29.9 Å². The number of hydrogen-bond acceptors (Lipinski definition) is 5. The number of nitrogens with one attached hydrogen (secondary N) is 1. The summed E-state index contributed by atoms with van der Waals surface area (Å²) in [6.45, 7) is 4.25. The van der Waals surface area contributed by atoms with E-state index in [1.54, 1.807) is 6.07 Å². The summed E-state index contributed by atoms with van der Waals surface area (Å²) in [4.78, 5) is 33.1. The molecule has 3 heterocycles. The van der Waals surface area contributed by atoms with Gasteiger partial charge >= 0.3 is 6.09 Å². The Hall–Kier alpha value is -2.35. The molecule has 158 valence electrons. The van der Waals surface area contributed by atoms with Gasteiger partial charge in [-0.3, -0.25) is 10.1 Å². The molecule has 8 heteroatoms. The van der Waals surface area contributed by atoms with E-state index in [0.717, 1.165) is 69.4 Å². The summed E-state index contributed by atoms with van der Waals surface area (Å²) in [6, 6.07) is 2.05. The van der Waals surface area contributed by atoms with Crippen LogP contribution >= 0.6 is 0 Å². The lowest BCUT2D eigenvalue weighted by atomic mass is 9.78. The second kappa shape index (κ2) is 7.82. The van der Waals surface area contributed by atoms with Gasteiger partial charge in [0.1, 0.15) is 5.82 Å². The zero-order chi connectivity index (χ0) is 20.6. The van der Waals surface area contributed by atoms with Crippen molar-refractivity contribution in [1.29, 1.82) is 0 Å². The van der Waals surface area contributed by atoms with Crippen molar-refractivity contribution in [3.63, 3.8) is 0 Å². The monoisotopic (exact) mass is 402 g/mol. The van der Waals surface area contributed by atoms with Crippen molar-refractivity contribution in [1.82, 2.24) is 9.88 Å². The molecule has 3 aliphatic rings. The number of aryl methyl sites for hydroxylation is 1. The van der Waals surface area contributed by atoms with Crippen molar-refractivity contribution < 1.29 is 19.8 Å². The van der Waals surface area contributed by atoms with E-state index in [1.807, 2.05) is 6.92 Å². The maximum Gasteiger partial charge on any atom is 0.409 e. The maximum atomic E-state index is 13.4. The van der Waals surface area contributed by atoms with E-state index < -0.39 is 6.09 Å². The molecule has 3 fully saturated rings. The fourth-order valence-corrected chi connectivity index (χ4v) is 5.35. The summed E-state index contributed by atoms with van der Waals surface area (Å²) in [7, 11) is 0. The van der Waals surface area contributed by atoms with Crippen LogP contribution in [0.4, 0.5) is 16.3 Å². The average Bonchev–Trinajstić information content (AvgIpc) is 2.98. The van der Waals surface area contributed by atoms with Gasteiger partial charge in [0.25, 0.3) is 0 Å². The molecule has 4 rings (SSSR count). The summed E-state index contributed by atoms with van der Waals surface area (Å²) >= 11 is 0. The predicted octanol–water partition coefficient (Wildman–Crippen LogP) is 2.60. The third-order valence-corrected chi connectivity index (χ3v) is 6.83. The lowest BCUT2D eigenvalue weighted by Crippen LogP contribution is -2.50. The van der Waals surface area contributed by atoms with Gasteiger partial charge in [0.05, 0.1) is 23.4 Å². The molecule has 0 bridgehead atoms. The van der Waals surface area contributed by atoms with Crippen molar-refractivity contribution in [2.45, 2.75) is 64.0 Å².